The maximum Gasteiger partial charge on any atom is 0.495 e. The van der Waals surface area contributed by atoms with Gasteiger partial charge < -0.3 is 9.31 Å². The topological polar surface area (TPSA) is 18.5 Å². The fourth-order valence-electron chi connectivity index (χ4n) is 3.68. The molecule has 26 heavy (non-hydrogen) atoms. The van der Waals surface area contributed by atoms with Crippen LogP contribution in [0.2, 0.25) is 0 Å². The first-order valence-electron chi connectivity index (χ1n) is 8.97. The number of fused-ring (bicyclic) bond motifs is 5. The van der Waals surface area contributed by atoms with E-state index in [-0.39, 0.29) is 18.3 Å². The number of allylic oxidation sites excluding steroid dienone is 2. The van der Waals surface area contributed by atoms with Gasteiger partial charge in [-0.3, -0.25) is 0 Å². The first-order chi connectivity index (χ1) is 12.4. The van der Waals surface area contributed by atoms with E-state index in [9.17, 15) is 0 Å². The quantitative estimate of drug-likeness (QED) is 0.439. The SMILES string of the molecule is CC1(C)OB(c2cc3c4c(sc3c3ccccc23)C=[C+]C=C4)OC1(C)C. The molecular formula is C22H20BO2S+. The van der Waals surface area contributed by atoms with Crippen LogP contribution in [-0.4, -0.2) is 18.3 Å². The van der Waals surface area contributed by atoms with Crippen molar-refractivity contribution in [2.45, 2.75) is 38.9 Å². The Morgan fingerprint density at radius 3 is 2.38 bits per heavy atom. The molecule has 128 valence electrons. The second-order valence-corrected chi connectivity index (χ2v) is 9.05. The molecule has 5 rings (SSSR count). The van der Waals surface area contributed by atoms with Crippen LogP contribution in [0.25, 0.3) is 33.0 Å². The second-order valence-electron chi connectivity index (χ2n) is 8.00. The first-order valence-corrected chi connectivity index (χ1v) is 9.79. The minimum absolute atomic E-state index is 0.348. The second kappa shape index (κ2) is 5.28. The monoisotopic (exact) mass is 359 g/mol. The molecule has 4 heteroatoms. The summed E-state index contributed by atoms with van der Waals surface area (Å²) < 4.78 is 14.1. The van der Waals surface area contributed by atoms with E-state index in [1.807, 2.05) is 17.4 Å². The predicted octanol–water partition coefficient (Wildman–Crippen LogP) is 5.20. The fourth-order valence-corrected chi connectivity index (χ4v) is 4.89. The van der Waals surface area contributed by atoms with Gasteiger partial charge in [0.25, 0.3) is 0 Å². The third-order valence-electron chi connectivity index (χ3n) is 5.86. The van der Waals surface area contributed by atoms with Gasteiger partial charge in [0, 0.05) is 16.8 Å². The molecule has 1 fully saturated rings. The van der Waals surface area contributed by atoms with Gasteiger partial charge in [-0.05, 0) is 38.5 Å². The summed E-state index contributed by atoms with van der Waals surface area (Å²) in [6.07, 6.45) is 9.40. The minimum Gasteiger partial charge on any atom is -0.399 e. The van der Waals surface area contributed by atoms with Gasteiger partial charge in [0.1, 0.15) is 22.6 Å². The van der Waals surface area contributed by atoms with Gasteiger partial charge >= 0.3 is 7.12 Å². The summed E-state index contributed by atoms with van der Waals surface area (Å²) in [5.74, 6) is 0. The van der Waals surface area contributed by atoms with E-state index in [2.05, 4.69) is 76.3 Å². The molecule has 3 aromatic rings. The van der Waals surface area contributed by atoms with E-state index in [1.54, 1.807) is 0 Å². The van der Waals surface area contributed by atoms with Gasteiger partial charge in [-0.15, -0.1) is 0 Å². The van der Waals surface area contributed by atoms with Crippen LogP contribution in [0.1, 0.15) is 38.1 Å². The highest BCUT2D eigenvalue weighted by Crippen LogP contribution is 2.41. The largest absolute Gasteiger partial charge is 0.495 e. The molecule has 1 aromatic heterocycles. The van der Waals surface area contributed by atoms with Crippen LogP contribution in [0, 0.1) is 6.08 Å². The number of thiophene rings is 1. The average molecular weight is 359 g/mol. The molecule has 0 radical (unpaired) electrons. The molecule has 0 bridgehead atoms. The summed E-state index contributed by atoms with van der Waals surface area (Å²) in [7, 11) is -0.362. The molecule has 2 heterocycles. The highest BCUT2D eigenvalue weighted by Gasteiger charge is 2.52. The Hall–Kier alpha value is -1.97. The van der Waals surface area contributed by atoms with Crippen molar-refractivity contribution in [3.05, 3.63) is 52.9 Å². The van der Waals surface area contributed by atoms with Gasteiger partial charge in [-0.1, -0.05) is 41.7 Å². The minimum atomic E-state index is -0.362. The predicted molar refractivity (Wildman–Crippen MR) is 112 cm³/mol. The van der Waals surface area contributed by atoms with Crippen molar-refractivity contribution >= 4 is 56.9 Å². The molecular weight excluding hydrogens is 339 g/mol. The van der Waals surface area contributed by atoms with E-state index in [0.29, 0.717) is 0 Å². The number of hydrogen-bond donors (Lipinski definition) is 0. The van der Waals surface area contributed by atoms with Crippen molar-refractivity contribution in [2.24, 2.45) is 0 Å². The van der Waals surface area contributed by atoms with E-state index < -0.39 is 0 Å². The summed E-state index contributed by atoms with van der Waals surface area (Å²) in [6, 6.07) is 10.8. The fraction of sp³-hybridized carbons (Fsp3) is 0.273. The Kier molecular flexibility index (Phi) is 3.29. The Morgan fingerprint density at radius 2 is 1.65 bits per heavy atom. The highest BCUT2D eigenvalue weighted by atomic mass is 32.1. The normalized spacial score (nSPS) is 19.9. The molecule has 1 aliphatic heterocycles. The summed E-state index contributed by atoms with van der Waals surface area (Å²) in [6.45, 7) is 8.40. The van der Waals surface area contributed by atoms with Gasteiger partial charge in [-0.25, -0.2) is 0 Å². The van der Waals surface area contributed by atoms with Crippen LogP contribution in [0.4, 0.5) is 0 Å². The van der Waals surface area contributed by atoms with Crippen molar-refractivity contribution < 1.29 is 9.31 Å². The van der Waals surface area contributed by atoms with Crippen molar-refractivity contribution in [3.63, 3.8) is 0 Å². The van der Waals surface area contributed by atoms with Crippen molar-refractivity contribution in [2.75, 3.05) is 0 Å². The lowest BCUT2D eigenvalue weighted by molar-refractivity contribution is 0.00578. The Balaban J connectivity index is 1.80. The van der Waals surface area contributed by atoms with Crippen LogP contribution < -0.4 is 5.46 Å². The standard InChI is InChI=1S/C22H20BO2S/c1-21(2)22(3,4)25-23(24-21)18-13-17-15-10-7-8-12-19(15)26-20(17)16-11-6-5-9-14(16)18/h5-7,9-13H,1-4H3/q+1. The summed E-state index contributed by atoms with van der Waals surface area (Å²) >= 11 is 1.83. The Morgan fingerprint density at radius 1 is 0.962 bits per heavy atom. The molecule has 0 spiro atoms. The molecule has 2 aromatic carbocycles. The zero-order chi connectivity index (χ0) is 18.1. The number of rotatable bonds is 1. The molecule has 1 saturated heterocycles. The first kappa shape index (κ1) is 16.2. The van der Waals surface area contributed by atoms with Gasteiger partial charge in [0.15, 0.2) is 0 Å². The van der Waals surface area contributed by atoms with Gasteiger partial charge in [0.2, 0.25) is 0 Å². The lowest BCUT2D eigenvalue weighted by Crippen LogP contribution is -2.41. The molecule has 0 amide bonds. The number of hydrogen-bond acceptors (Lipinski definition) is 3. The summed E-state index contributed by atoms with van der Waals surface area (Å²) in [5.41, 5.74) is 1.69. The van der Waals surface area contributed by atoms with Crippen LogP contribution in [-0.2, 0) is 9.31 Å². The van der Waals surface area contributed by atoms with Crippen molar-refractivity contribution in [1.82, 2.24) is 0 Å². The molecule has 0 unspecified atom stereocenters. The van der Waals surface area contributed by atoms with Crippen LogP contribution in [0.3, 0.4) is 0 Å². The van der Waals surface area contributed by atoms with Gasteiger partial charge in [-0.2, -0.15) is 0 Å². The van der Waals surface area contributed by atoms with E-state index in [0.717, 1.165) is 5.46 Å². The van der Waals surface area contributed by atoms with E-state index in [4.69, 9.17) is 9.31 Å². The van der Waals surface area contributed by atoms with E-state index in [1.165, 1.54) is 31.3 Å². The van der Waals surface area contributed by atoms with Crippen LogP contribution >= 0.6 is 11.3 Å². The van der Waals surface area contributed by atoms with Crippen LogP contribution in [0.5, 0.6) is 0 Å². The maximum atomic E-state index is 6.37. The Bertz CT molecular complexity index is 1090. The average Bonchev–Trinajstić information content (AvgIpc) is 3.08. The molecule has 2 nitrogen and oxygen atoms in total. The summed E-state index contributed by atoms with van der Waals surface area (Å²) in [4.78, 5) is 1.26. The van der Waals surface area contributed by atoms with Crippen molar-refractivity contribution in [1.29, 1.82) is 0 Å². The zero-order valence-corrected chi connectivity index (χ0v) is 16.2. The third kappa shape index (κ3) is 2.17. The smallest absolute Gasteiger partial charge is 0.399 e. The van der Waals surface area contributed by atoms with Crippen LogP contribution in [0.15, 0.2) is 36.4 Å². The van der Waals surface area contributed by atoms with E-state index >= 15 is 0 Å². The lowest BCUT2D eigenvalue weighted by Gasteiger charge is -2.32. The number of benzene rings is 2. The third-order valence-corrected chi connectivity index (χ3v) is 7.06. The molecule has 1 aliphatic carbocycles. The van der Waals surface area contributed by atoms with Gasteiger partial charge in [0.05, 0.1) is 22.0 Å². The highest BCUT2D eigenvalue weighted by molar-refractivity contribution is 7.21. The molecule has 0 atom stereocenters. The van der Waals surface area contributed by atoms with Crippen molar-refractivity contribution in [3.8, 4) is 0 Å². The maximum absolute atomic E-state index is 6.37. The lowest BCUT2D eigenvalue weighted by atomic mass is 9.75. The molecule has 2 aliphatic rings. The summed E-state index contributed by atoms with van der Waals surface area (Å²) in [5, 5.41) is 3.73. The zero-order valence-electron chi connectivity index (χ0n) is 15.4. The Labute approximate surface area is 158 Å². The molecule has 0 N–H and O–H groups in total. The molecule has 0 saturated carbocycles.